The maximum atomic E-state index is 12.8. The van der Waals surface area contributed by atoms with Crippen molar-refractivity contribution < 1.29 is 4.79 Å². The van der Waals surface area contributed by atoms with Crippen LogP contribution in [-0.2, 0) is 4.79 Å². The van der Waals surface area contributed by atoms with Crippen molar-refractivity contribution in [2.75, 3.05) is 0 Å². The van der Waals surface area contributed by atoms with E-state index >= 15 is 0 Å². The van der Waals surface area contributed by atoms with Gasteiger partial charge in [-0.05, 0) is 74.4 Å². The normalized spacial score (nSPS) is 17.0. The summed E-state index contributed by atoms with van der Waals surface area (Å²) in [6.45, 7) is 6.20. The Bertz CT molecular complexity index is 1190. The van der Waals surface area contributed by atoms with E-state index in [1.807, 2.05) is 44.2 Å². The zero-order valence-corrected chi connectivity index (χ0v) is 20.8. The third-order valence-corrected chi connectivity index (χ3v) is 7.03. The van der Waals surface area contributed by atoms with Crippen LogP contribution in [0.1, 0.15) is 62.4 Å². The fraction of sp³-hybridized carbons (Fsp3) is 0.360. The number of aryl methyl sites for hydroxylation is 1. The molecule has 6 nitrogen and oxygen atoms in total. The lowest BCUT2D eigenvalue weighted by Gasteiger charge is -2.20. The molecule has 0 spiro atoms. The average molecular weight is 482 g/mol. The molecule has 2 aromatic rings. The second-order valence-electron chi connectivity index (χ2n) is 8.32. The van der Waals surface area contributed by atoms with Crippen LogP contribution in [0.4, 0.5) is 0 Å². The Kier molecular flexibility index (Phi) is 7.20. The van der Waals surface area contributed by atoms with Crippen molar-refractivity contribution in [3.8, 4) is 5.69 Å². The van der Waals surface area contributed by atoms with E-state index in [9.17, 15) is 4.79 Å². The molecule has 0 fully saturated rings. The van der Waals surface area contributed by atoms with E-state index in [-0.39, 0.29) is 11.4 Å². The minimum atomic E-state index is -0.397. The number of aromatic nitrogens is 1. The van der Waals surface area contributed by atoms with Crippen LogP contribution in [0.15, 0.2) is 46.0 Å². The van der Waals surface area contributed by atoms with Crippen molar-refractivity contribution in [3.05, 3.63) is 57.9 Å². The summed E-state index contributed by atoms with van der Waals surface area (Å²) >= 11 is 7.59. The number of nitrogens with zero attached hydrogens (tertiary/aromatic N) is 4. The Balaban J connectivity index is 1.56. The minimum absolute atomic E-state index is 0.0750. The number of fused-ring (bicyclic) bond motifs is 1. The number of carbonyl (C=O) groups excluding carboxylic acids is 1. The Hall–Kier alpha value is -2.64. The second-order valence-corrected chi connectivity index (χ2v) is 9.80. The van der Waals surface area contributed by atoms with E-state index in [0.29, 0.717) is 10.2 Å². The predicted molar refractivity (Wildman–Crippen MR) is 139 cm³/mol. The molecule has 0 saturated carbocycles. The zero-order chi connectivity index (χ0) is 23.5. The lowest BCUT2D eigenvalue weighted by atomic mass is 10.1. The number of thioether (sulfide) groups is 1. The van der Waals surface area contributed by atoms with Crippen LogP contribution in [0.2, 0.25) is 5.02 Å². The molecule has 0 unspecified atom stereocenters. The van der Waals surface area contributed by atoms with Crippen molar-refractivity contribution in [2.45, 2.75) is 59.3 Å². The number of rotatable bonds is 8. The fourth-order valence-electron chi connectivity index (χ4n) is 4.11. The topological polar surface area (TPSA) is 73.8 Å². The number of benzene rings is 1. The summed E-state index contributed by atoms with van der Waals surface area (Å²) in [7, 11) is 0. The number of nitrogens with one attached hydrogen (secondary N) is 1. The molecule has 0 saturated heterocycles. The van der Waals surface area contributed by atoms with E-state index in [1.165, 1.54) is 42.5 Å². The van der Waals surface area contributed by atoms with Gasteiger partial charge in [0.1, 0.15) is 5.04 Å². The minimum Gasteiger partial charge on any atom is -0.318 e. The number of hydrazone groups is 1. The summed E-state index contributed by atoms with van der Waals surface area (Å²) in [5.41, 5.74) is 4.05. The second kappa shape index (κ2) is 10.1. The molecular formula is C25H28ClN5OS. The van der Waals surface area contributed by atoms with E-state index in [1.54, 1.807) is 6.08 Å². The molecule has 3 heterocycles. The van der Waals surface area contributed by atoms with Gasteiger partial charge in [0.15, 0.2) is 5.84 Å². The number of amides is 1. The van der Waals surface area contributed by atoms with Crippen LogP contribution in [0, 0.1) is 19.3 Å². The summed E-state index contributed by atoms with van der Waals surface area (Å²) in [6.07, 6.45) is 8.53. The van der Waals surface area contributed by atoms with E-state index in [2.05, 4.69) is 21.6 Å². The maximum absolute atomic E-state index is 12.8. The first kappa shape index (κ1) is 23.5. The van der Waals surface area contributed by atoms with Gasteiger partial charge < -0.3 is 4.57 Å². The third-order valence-electron chi connectivity index (χ3n) is 5.83. The quantitative estimate of drug-likeness (QED) is 0.335. The molecule has 4 rings (SSSR count). The Morgan fingerprint density at radius 2 is 1.94 bits per heavy atom. The van der Waals surface area contributed by atoms with E-state index in [4.69, 9.17) is 17.0 Å². The van der Waals surface area contributed by atoms with Crippen LogP contribution < -0.4 is 0 Å². The van der Waals surface area contributed by atoms with Crippen molar-refractivity contribution >= 4 is 51.4 Å². The Labute approximate surface area is 203 Å². The predicted octanol–water partition coefficient (Wildman–Crippen LogP) is 6.73. The Morgan fingerprint density at radius 1 is 1.15 bits per heavy atom. The smallest absolute Gasteiger partial charge is 0.283 e. The van der Waals surface area contributed by atoms with Gasteiger partial charge in [-0.1, -0.05) is 50.3 Å². The highest BCUT2D eigenvalue weighted by Gasteiger charge is 2.35. The van der Waals surface area contributed by atoms with Crippen LogP contribution in [0.3, 0.4) is 0 Å². The third kappa shape index (κ3) is 4.99. The summed E-state index contributed by atoms with van der Waals surface area (Å²) in [6, 6.07) is 9.66. The molecule has 172 valence electrons. The average Bonchev–Trinajstić information content (AvgIpc) is 3.30. The SMILES string of the molecule is CCCCCCCC1=NN2C(=N)/C(=C/c3cc(C)n(-c4cccc(Cl)c4)c3C)C(=O)N=C2S1. The van der Waals surface area contributed by atoms with Gasteiger partial charge in [-0.25, -0.2) is 0 Å². The first-order chi connectivity index (χ1) is 15.9. The lowest BCUT2D eigenvalue weighted by molar-refractivity contribution is -0.114. The molecule has 1 N–H and O–H groups in total. The standard InChI is InChI=1S/C25H28ClN5OS/c1-4-5-6-7-8-12-22-29-31-23(27)21(24(32)28-25(31)33-22)14-18-13-16(2)30(17(18)3)20-11-9-10-19(26)15-20/h9-11,13-15,27H,4-8,12H2,1-3H3/b21-14-,27-23?. The first-order valence-corrected chi connectivity index (χ1v) is 12.5. The van der Waals surface area contributed by atoms with Crippen LogP contribution in [0.25, 0.3) is 11.8 Å². The number of amidine groups is 2. The number of unbranched alkanes of at least 4 members (excludes halogenated alkanes) is 4. The van der Waals surface area contributed by atoms with Crippen LogP contribution in [0.5, 0.6) is 0 Å². The molecule has 1 amide bonds. The van der Waals surface area contributed by atoms with Gasteiger partial charge in [0.25, 0.3) is 5.91 Å². The highest BCUT2D eigenvalue weighted by Crippen LogP contribution is 2.31. The van der Waals surface area contributed by atoms with Gasteiger partial charge in [-0.2, -0.15) is 15.1 Å². The van der Waals surface area contributed by atoms with Gasteiger partial charge in [-0.3, -0.25) is 10.2 Å². The summed E-state index contributed by atoms with van der Waals surface area (Å²) < 4.78 is 2.09. The number of hydrogen-bond acceptors (Lipinski definition) is 4. The molecular weight excluding hydrogens is 454 g/mol. The number of aliphatic imine (C=N–C) groups is 1. The molecule has 0 radical (unpaired) electrons. The molecule has 1 aromatic heterocycles. The molecule has 0 atom stereocenters. The number of hydrogen-bond donors (Lipinski definition) is 1. The van der Waals surface area contributed by atoms with Gasteiger partial charge in [-0.15, -0.1) is 0 Å². The summed E-state index contributed by atoms with van der Waals surface area (Å²) in [5, 5.41) is 16.8. The highest BCUT2D eigenvalue weighted by atomic mass is 35.5. The molecule has 33 heavy (non-hydrogen) atoms. The largest absolute Gasteiger partial charge is 0.318 e. The zero-order valence-electron chi connectivity index (χ0n) is 19.2. The Morgan fingerprint density at radius 3 is 2.70 bits per heavy atom. The van der Waals surface area contributed by atoms with Crippen molar-refractivity contribution in [1.29, 1.82) is 5.41 Å². The van der Waals surface area contributed by atoms with E-state index < -0.39 is 5.91 Å². The molecule has 8 heteroatoms. The fourth-order valence-corrected chi connectivity index (χ4v) is 5.23. The van der Waals surface area contributed by atoms with Crippen molar-refractivity contribution in [1.82, 2.24) is 9.58 Å². The maximum Gasteiger partial charge on any atom is 0.283 e. The lowest BCUT2D eigenvalue weighted by Crippen LogP contribution is -2.35. The van der Waals surface area contributed by atoms with Crippen molar-refractivity contribution in [3.63, 3.8) is 0 Å². The molecule has 2 aliphatic rings. The van der Waals surface area contributed by atoms with Gasteiger partial charge in [0, 0.05) is 22.1 Å². The van der Waals surface area contributed by atoms with Gasteiger partial charge in [0.05, 0.1) is 5.57 Å². The number of carbonyl (C=O) groups is 1. The highest BCUT2D eigenvalue weighted by molar-refractivity contribution is 8.26. The van der Waals surface area contributed by atoms with E-state index in [0.717, 1.165) is 40.5 Å². The molecule has 0 aliphatic carbocycles. The monoisotopic (exact) mass is 481 g/mol. The van der Waals surface area contributed by atoms with Gasteiger partial charge in [0.2, 0.25) is 5.17 Å². The first-order valence-electron chi connectivity index (χ1n) is 11.3. The molecule has 1 aromatic carbocycles. The summed E-state index contributed by atoms with van der Waals surface area (Å²) in [5.74, 6) is -0.322. The van der Waals surface area contributed by atoms with Crippen LogP contribution in [-0.4, -0.2) is 31.5 Å². The number of halogens is 1. The van der Waals surface area contributed by atoms with Gasteiger partial charge >= 0.3 is 0 Å². The molecule has 0 bridgehead atoms. The van der Waals surface area contributed by atoms with Crippen LogP contribution >= 0.6 is 23.4 Å². The molecule has 2 aliphatic heterocycles. The summed E-state index contributed by atoms with van der Waals surface area (Å²) in [4.78, 5) is 17.0. The van der Waals surface area contributed by atoms with Crippen molar-refractivity contribution in [2.24, 2.45) is 10.1 Å².